The number of nitrogens with zero attached hydrogens (tertiary/aromatic N) is 5. The third-order valence-corrected chi connectivity index (χ3v) is 5.48. The fourth-order valence-corrected chi connectivity index (χ4v) is 3.90. The normalized spacial score (nSPS) is 19.7. The van der Waals surface area contributed by atoms with Crippen molar-refractivity contribution in [3.63, 3.8) is 0 Å². The summed E-state index contributed by atoms with van der Waals surface area (Å²) >= 11 is 0. The third kappa shape index (κ3) is 3.16. The van der Waals surface area contributed by atoms with E-state index in [1.807, 2.05) is 24.1 Å². The van der Waals surface area contributed by atoms with Gasteiger partial charge in [0.15, 0.2) is 5.65 Å². The van der Waals surface area contributed by atoms with E-state index in [1.54, 1.807) is 0 Å². The lowest BCUT2D eigenvalue weighted by Gasteiger charge is -2.11. The Hall–Kier alpha value is -2.54. The summed E-state index contributed by atoms with van der Waals surface area (Å²) in [6, 6.07) is 2.20. The molecule has 2 aliphatic rings. The number of rotatable bonds is 5. The molecule has 1 N–H and O–H groups in total. The quantitative estimate of drug-likeness (QED) is 0.749. The molecule has 3 aromatic heterocycles. The van der Waals surface area contributed by atoms with Gasteiger partial charge in [-0.1, -0.05) is 0 Å². The lowest BCUT2D eigenvalue weighted by Crippen LogP contribution is -2.19. The lowest BCUT2D eigenvalue weighted by molar-refractivity contribution is 0.120. The molecule has 27 heavy (non-hydrogen) atoms. The number of aryl methyl sites for hydroxylation is 2. The molecule has 140 valence electrons. The molecule has 3 aromatic rings. The third-order valence-electron chi connectivity index (χ3n) is 5.48. The van der Waals surface area contributed by atoms with Gasteiger partial charge in [0.1, 0.15) is 0 Å². The summed E-state index contributed by atoms with van der Waals surface area (Å²) in [7, 11) is 1.96. The second-order valence-corrected chi connectivity index (χ2v) is 7.59. The molecule has 0 bridgehead atoms. The SMILES string of the molecule is Cc1nn(C)c2nc(-c3cnc(NCC4CCCO4)nc3)cc(C3CC3)c12. The molecular formula is C20H24N6O. The first-order chi connectivity index (χ1) is 13.2. The van der Waals surface area contributed by atoms with Crippen molar-refractivity contribution in [3.05, 3.63) is 29.7 Å². The molecule has 0 spiro atoms. The van der Waals surface area contributed by atoms with Crippen LogP contribution in [0.3, 0.4) is 0 Å². The van der Waals surface area contributed by atoms with Gasteiger partial charge in [0, 0.05) is 43.5 Å². The van der Waals surface area contributed by atoms with E-state index in [9.17, 15) is 0 Å². The van der Waals surface area contributed by atoms with Gasteiger partial charge in [0.2, 0.25) is 5.95 Å². The van der Waals surface area contributed by atoms with E-state index in [-0.39, 0.29) is 6.10 Å². The second kappa shape index (κ2) is 6.56. The van der Waals surface area contributed by atoms with Gasteiger partial charge in [0.05, 0.1) is 17.5 Å². The minimum Gasteiger partial charge on any atom is -0.376 e. The molecule has 5 rings (SSSR count). The first-order valence-electron chi connectivity index (χ1n) is 9.71. The van der Waals surface area contributed by atoms with Crippen LogP contribution in [0, 0.1) is 6.92 Å². The highest BCUT2D eigenvalue weighted by Crippen LogP contribution is 2.44. The van der Waals surface area contributed by atoms with Crippen LogP contribution < -0.4 is 5.32 Å². The van der Waals surface area contributed by atoms with Crippen molar-refractivity contribution in [2.45, 2.75) is 44.6 Å². The molecule has 1 unspecified atom stereocenters. The first-order valence-corrected chi connectivity index (χ1v) is 9.71. The van der Waals surface area contributed by atoms with Crippen molar-refractivity contribution in [2.75, 3.05) is 18.5 Å². The van der Waals surface area contributed by atoms with E-state index in [0.717, 1.165) is 48.6 Å². The predicted molar refractivity (Wildman–Crippen MR) is 104 cm³/mol. The molecule has 0 amide bonds. The van der Waals surface area contributed by atoms with Gasteiger partial charge in [-0.2, -0.15) is 5.10 Å². The molecule has 1 saturated heterocycles. The maximum Gasteiger partial charge on any atom is 0.222 e. The maximum absolute atomic E-state index is 5.63. The number of aromatic nitrogens is 5. The Bertz CT molecular complexity index is 970. The largest absolute Gasteiger partial charge is 0.376 e. The van der Waals surface area contributed by atoms with Crippen LogP contribution >= 0.6 is 0 Å². The zero-order valence-corrected chi connectivity index (χ0v) is 15.8. The molecule has 7 nitrogen and oxygen atoms in total. The number of pyridine rings is 1. The molecule has 1 aliphatic heterocycles. The minimum atomic E-state index is 0.270. The predicted octanol–water partition coefficient (Wildman–Crippen LogP) is 3.20. The summed E-state index contributed by atoms with van der Waals surface area (Å²) in [6.07, 6.45) is 8.69. The second-order valence-electron chi connectivity index (χ2n) is 7.59. The van der Waals surface area contributed by atoms with E-state index < -0.39 is 0 Å². The van der Waals surface area contributed by atoms with Crippen molar-refractivity contribution in [1.82, 2.24) is 24.7 Å². The molecule has 2 fully saturated rings. The number of anilines is 1. The van der Waals surface area contributed by atoms with Crippen molar-refractivity contribution >= 4 is 17.0 Å². The number of hydrogen-bond acceptors (Lipinski definition) is 6. The highest BCUT2D eigenvalue weighted by molar-refractivity contribution is 5.86. The Morgan fingerprint density at radius 2 is 2.04 bits per heavy atom. The zero-order valence-electron chi connectivity index (χ0n) is 15.8. The maximum atomic E-state index is 5.63. The zero-order chi connectivity index (χ0) is 18.4. The minimum absolute atomic E-state index is 0.270. The number of nitrogens with one attached hydrogen (secondary N) is 1. The van der Waals surface area contributed by atoms with Crippen LogP contribution in [0.25, 0.3) is 22.3 Å². The highest BCUT2D eigenvalue weighted by Gasteiger charge is 2.28. The molecular weight excluding hydrogens is 340 g/mol. The van der Waals surface area contributed by atoms with Gasteiger partial charge in [-0.05, 0) is 50.2 Å². The number of ether oxygens (including phenoxy) is 1. The van der Waals surface area contributed by atoms with E-state index >= 15 is 0 Å². The fraction of sp³-hybridized carbons (Fsp3) is 0.500. The van der Waals surface area contributed by atoms with E-state index in [2.05, 4.69) is 33.4 Å². The Kier molecular flexibility index (Phi) is 4.04. The molecule has 4 heterocycles. The van der Waals surface area contributed by atoms with Crippen molar-refractivity contribution in [2.24, 2.45) is 7.05 Å². The summed E-state index contributed by atoms with van der Waals surface area (Å²) in [5.41, 5.74) is 5.20. The standard InChI is InChI=1S/C20H24N6O/c1-12-18-16(13-5-6-13)8-17(24-19(18)26(2)25-12)14-9-21-20(22-10-14)23-11-15-4-3-7-27-15/h8-10,13,15H,3-7,11H2,1-2H3,(H,21,22,23). The summed E-state index contributed by atoms with van der Waals surface area (Å²) in [6.45, 7) is 3.67. The van der Waals surface area contributed by atoms with Crippen LogP contribution in [0.15, 0.2) is 18.5 Å². The Labute approximate surface area is 158 Å². The van der Waals surface area contributed by atoms with Crippen LogP contribution in [0.1, 0.15) is 42.9 Å². The van der Waals surface area contributed by atoms with Gasteiger partial charge in [-0.15, -0.1) is 0 Å². The number of fused-ring (bicyclic) bond motifs is 1. The van der Waals surface area contributed by atoms with Crippen LogP contribution in [0.4, 0.5) is 5.95 Å². The fourth-order valence-electron chi connectivity index (χ4n) is 3.90. The molecule has 7 heteroatoms. The van der Waals surface area contributed by atoms with Crippen molar-refractivity contribution < 1.29 is 4.74 Å². The Morgan fingerprint density at radius 3 is 2.74 bits per heavy atom. The summed E-state index contributed by atoms with van der Waals surface area (Å²) in [4.78, 5) is 13.8. The highest BCUT2D eigenvalue weighted by atomic mass is 16.5. The van der Waals surface area contributed by atoms with Crippen LogP contribution in [-0.2, 0) is 11.8 Å². The average Bonchev–Trinajstić information content (AvgIpc) is 3.32. The van der Waals surface area contributed by atoms with Crippen LogP contribution in [-0.4, -0.2) is 44.0 Å². The van der Waals surface area contributed by atoms with Gasteiger partial charge in [0.25, 0.3) is 0 Å². The topological polar surface area (TPSA) is 77.8 Å². The summed E-state index contributed by atoms with van der Waals surface area (Å²) < 4.78 is 7.50. The molecule has 0 radical (unpaired) electrons. The van der Waals surface area contributed by atoms with E-state index in [1.165, 1.54) is 23.8 Å². The van der Waals surface area contributed by atoms with Gasteiger partial charge >= 0.3 is 0 Å². The molecule has 1 aliphatic carbocycles. The van der Waals surface area contributed by atoms with Crippen molar-refractivity contribution in [3.8, 4) is 11.3 Å². The molecule has 0 aromatic carbocycles. The van der Waals surface area contributed by atoms with Crippen LogP contribution in [0.2, 0.25) is 0 Å². The van der Waals surface area contributed by atoms with Gasteiger partial charge in [-0.3, -0.25) is 4.68 Å². The first kappa shape index (κ1) is 16.6. The Balaban J connectivity index is 1.43. The summed E-state index contributed by atoms with van der Waals surface area (Å²) in [5, 5.41) is 9.05. The van der Waals surface area contributed by atoms with E-state index in [0.29, 0.717) is 11.9 Å². The summed E-state index contributed by atoms with van der Waals surface area (Å²) in [5.74, 6) is 1.26. The van der Waals surface area contributed by atoms with Gasteiger partial charge in [-0.25, -0.2) is 15.0 Å². The van der Waals surface area contributed by atoms with Crippen molar-refractivity contribution in [1.29, 1.82) is 0 Å². The number of hydrogen-bond donors (Lipinski definition) is 1. The van der Waals surface area contributed by atoms with Crippen LogP contribution in [0.5, 0.6) is 0 Å². The Morgan fingerprint density at radius 1 is 1.22 bits per heavy atom. The molecule has 1 atom stereocenters. The smallest absolute Gasteiger partial charge is 0.222 e. The molecule has 1 saturated carbocycles. The average molecular weight is 364 g/mol. The van der Waals surface area contributed by atoms with E-state index in [4.69, 9.17) is 9.72 Å². The van der Waals surface area contributed by atoms with Gasteiger partial charge < -0.3 is 10.1 Å². The monoisotopic (exact) mass is 364 g/mol. The lowest BCUT2D eigenvalue weighted by atomic mass is 10.0.